The van der Waals surface area contributed by atoms with Gasteiger partial charge in [-0.05, 0) is 19.1 Å². The van der Waals surface area contributed by atoms with Crippen LogP contribution in [0.4, 0.5) is 14.5 Å². The number of alkyl halides is 2. The van der Waals surface area contributed by atoms with Crippen LogP contribution in [0.5, 0.6) is 11.5 Å². The van der Waals surface area contributed by atoms with E-state index in [1.165, 1.54) is 13.2 Å². The normalized spacial score (nSPS) is 10.8. The highest BCUT2D eigenvalue weighted by Crippen LogP contribution is 2.30. The number of nitrogens with zero attached hydrogens (tertiary/aromatic N) is 2. The molecular formula is C14H17F2N3O2. The number of aromatic nitrogens is 2. The summed E-state index contributed by atoms with van der Waals surface area (Å²) in [6.07, 6.45) is 1.87. The highest BCUT2D eigenvalue weighted by atomic mass is 19.3. The van der Waals surface area contributed by atoms with Crippen molar-refractivity contribution < 1.29 is 18.3 Å². The lowest BCUT2D eigenvalue weighted by molar-refractivity contribution is -0.0494. The standard InChI is InChI=1S/C14H17F2N3O2/c1-9-10(8-19(2)18-9)7-17-12-6-11(20-3)4-5-13(12)21-14(15)16/h4-6,8,14,17H,7H2,1-3H3. The van der Waals surface area contributed by atoms with Gasteiger partial charge in [0.15, 0.2) is 0 Å². The fourth-order valence-corrected chi connectivity index (χ4v) is 1.99. The topological polar surface area (TPSA) is 48.3 Å². The first-order valence-electron chi connectivity index (χ1n) is 6.35. The van der Waals surface area contributed by atoms with Gasteiger partial charge in [0, 0.05) is 31.4 Å². The first kappa shape index (κ1) is 15.1. The van der Waals surface area contributed by atoms with Crippen molar-refractivity contribution in [2.24, 2.45) is 7.05 Å². The number of rotatable bonds is 6. The van der Waals surface area contributed by atoms with Crippen LogP contribution in [0.15, 0.2) is 24.4 Å². The van der Waals surface area contributed by atoms with E-state index in [9.17, 15) is 8.78 Å². The van der Waals surface area contributed by atoms with Crippen LogP contribution < -0.4 is 14.8 Å². The first-order valence-corrected chi connectivity index (χ1v) is 6.35. The van der Waals surface area contributed by atoms with Gasteiger partial charge in [-0.25, -0.2) is 0 Å². The van der Waals surface area contributed by atoms with E-state index in [2.05, 4.69) is 15.2 Å². The van der Waals surface area contributed by atoms with Gasteiger partial charge >= 0.3 is 6.61 Å². The van der Waals surface area contributed by atoms with E-state index < -0.39 is 6.61 Å². The highest BCUT2D eigenvalue weighted by molar-refractivity contribution is 5.60. The van der Waals surface area contributed by atoms with Gasteiger partial charge in [0.05, 0.1) is 18.5 Å². The van der Waals surface area contributed by atoms with Crippen molar-refractivity contribution in [3.05, 3.63) is 35.7 Å². The van der Waals surface area contributed by atoms with Gasteiger partial charge in [-0.3, -0.25) is 4.68 Å². The summed E-state index contributed by atoms with van der Waals surface area (Å²) in [7, 11) is 3.34. The number of hydrogen-bond donors (Lipinski definition) is 1. The number of anilines is 1. The Morgan fingerprint density at radius 3 is 2.71 bits per heavy atom. The summed E-state index contributed by atoms with van der Waals surface area (Å²) in [5, 5.41) is 7.30. The number of methoxy groups -OCH3 is 1. The zero-order valence-corrected chi connectivity index (χ0v) is 12.1. The Hall–Kier alpha value is -2.31. The average Bonchev–Trinajstić information content (AvgIpc) is 2.75. The summed E-state index contributed by atoms with van der Waals surface area (Å²) in [6, 6.07) is 4.63. The summed E-state index contributed by atoms with van der Waals surface area (Å²) < 4.78 is 36.1. The SMILES string of the molecule is COc1ccc(OC(F)F)c(NCc2cn(C)nc2C)c1. The molecule has 1 aromatic heterocycles. The number of ether oxygens (including phenoxy) is 2. The maximum Gasteiger partial charge on any atom is 0.387 e. The Morgan fingerprint density at radius 2 is 2.14 bits per heavy atom. The molecule has 21 heavy (non-hydrogen) atoms. The summed E-state index contributed by atoms with van der Waals surface area (Å²) >= 11 is 0. The lowest BCUT2D eigenvalue weighted by Crippen LogP contribution is -2.07. The predicted molar refractivity (Wildman–Crippen MR) is 74.9 cm³/mol. The lowest BCUT2D eigenvalue weighted by Gasteiger charge is -2.13. The molecule has 2 rings (SSSR count). The number of hydrogen-bond acceptors (Lipinski definition) is 4. The summed E-state index contributed by atoms with van der Waals surface area (Å²) in [4.78, 5) is 0. The van der Waals surface area contributed by atoms with E-state index in [-0.39, 0.29) is 5.75 Å². The fraction of sp³-hybridized carbons (Fsp3) is 0.357. The van der Waals surface area contributed by atoms with Crippen LogP contribution >= 0.6 is 0 Å². The smallest absolute Gasteiger partial charge is 0.387 e. The van der Waals surface area contributed by atoms with Crippen molar-refractivity contribution in [2.45, 2.75) is 20.1 Å². The van der Waals surface area contributed by atoms with E-state index in [1.807, 2.05) is 20.2 Å². The quantitative estimate of drug-likeness (QED) is 0.890. The Balaban J connectivity index is 2.18. The van der Waals surface area contributed by atoms with Crippen molar-refractivity contribution in [3.8, 4) is 11.5 Å². The van der Waals surface area contributed by atoms with Crippen molar-refractivity contribution in [1.82, 2.24) is 9.78 Å². The maximum atomic E-state index is 12.4. The molecule has 0 saturated carbocycles. The zero-order valence-electron chi connectivity index (χ0n) is 12.1. The first-order chi connectivity index (χ1) is 9.99. The Morgan fingerprint density at radius 1 is 1.38 bits per heavy atom. The predicted octanol–water partition coefficient (Wildman–Crippen LogP) is 2.95. The molecule has 0 amide bonds. The summed E-state index contributed by atoms with van der Waals surface area (Å²) in [6.45, 7) is -0.537. The molecule has 7 heteroatoms. The third-order valence-electron chi connectivity index (χ3n) is 2.99. The molecule has 0 aliphatic heterocycles. The minimum absolute atomic E-state index is 0.0762. The largest absolute Gasteiger partial charge is 0.497 e. The Labute approximate surface area is 121 Å². The molecule has 0 saturated heterocycles. The van der Waals surface area contributed by atoms with Gasteiger partial charge in [0.2, 0.25) is 0 Å². The van der Waals surface area contributed by atoms with E-state index in [4.69, 9.17) is 4.74 Å². The molecule has 1 N–H and O–H groups in total. The average molecular weight is 297 g/mol. The van der Waals surface area contributed by atoms with Crippen molar-refractivity contribution in [1.29, 1.82) is 0 Å². The third kappa shape index (κ3) is 3.84. The molecule has 0 spiro atoms. The van der Waals surface area contributed by atoms with Crippen LogP contribution in [0.25, 0.3) is 0 Å². The minimum Gasteiger partial charge on any atom is -0.497 e. The van der Waals surface area contributed by atoms with Gasteiger partial charge in [-0.2, -0.15) is 13.9 Å². The molecule has 0 atom stereocenters. The van der Waals surface area contributed by atoms with E-state index >= 15 is 0 Å². The molecular weight excluding hydrogens is 280 g/mol. The molecule has 1 heterocycles. The molecule has 0 unspecified atom stereocenters. The molecule has 0 aliphatic carbocycles. The molecule has 0 bridgehead atoms. The summed E-state index contributed by atoms with van der Waals surface area (Å²) in [5.41, 5.74) is 2.30. The van der Waals surface area contributed by atoms with E-state index in [0.717, 1.165) is 11.3 Å². The Kier molecular flexibility index (Phi) is 4.62. The second-order valence-corrected chi connectivity index (χ2v) is 4.51. The van der Waals surface area contributed by atoms with Gasteiger partial charge in [0.1, 0.15) is 11.5 Å². The summed E-state index contributed by atoms with van der Waals surface area (Å²) in [5.74, 6) is 0.634. The molecule has 0 fully saturated rings. The van der Waals surface area contributed by atoms with Crippen LogP contribution in [0.2, 0.25) is 0 Å². The molecule has 0 radical (unpaired) electrons. The van der Waals surface area contributed by atoms with Gasteiger partial charge in [0.25, 0.3) is 0 Å². The van der Waals surface area contributed by atoms with Crippen LogP contribution in [0.1, 0.15) is 11.3 Å². The monoisotopic (exact) mass is 297 g/mol. The van der Waals surface area contributed by atoms with Crippen molar-refractivity contribution in [3.63, 3.8) is 0 Å². The van der Waals surface area contributed by atoms with E-state index in [0.29, 0.717) is 18.0 Å². The number of halogens is 2. The van der Waals surface area contributed by atoms with Crippen molar-refractivity contribution in [2.75, 3.05) is 12.4 Å². The third-order valence-corrected chi connectivity index (χ3v) is 2.99. The highest BCUT2D eigenvalue weighted by Gasteiger charge is 2.12. The number of nitrogens with one attached hydrogen (secondary N) is 1. The molecule has 1 aromatic carbocycles. The second-order valence-electron chi connectivity index (χ2n) is 4.51. The van der Waals surface area contributed by atoms with Crippen LogP contribution in [0.3, 0.4) is 0 Å². The second kappa shape index (κ2) is 6.43. The van der Waals surface area contributed by atoms with Gasteiger partial charge in [-0.15, -0.1) is 0 Å². The van der Waals surface area contributed by atoms with Crippen LogP contribution in [0, 0.1) is 6.92 Å². The van der Waals surface area contributed by atoms with Crippen LogP contribution in [-0.2, 0) is 13.6 Å². The molecule has 5 nitrogen and oxygen atoms in total. The zero-order chi connectivity index (χ0) is 15.4. The maximum absolute atomic E-state index is 12.4. The van der Waals surface area contributed by atoms with Crippen molar-refractivity contribution >= 4 is 5.69 Å². The number of aryl methyl sites for hydroxylation is 2. The fourth-order valence-electron chi connectivity index (χ4n) is 1.99. The van der Waals surface area contributed by atoms with E-state index in [1.54, 1.807) is 16.8 Å². The molecule has 0 aliphatic rings. The number of benzene rings is 1. The molecule has 2 aromatic rings. The Bertz CT molecular complexity index is 614. The lowest BCUT2D eigenvalue weighted by atomic mass is 10.2. The minimum atomic E-state index is -2.88. The van der Waals surface area contributed by atoms with Crippen LogP contribution in [-0.4, -0.2) is 23.5 Å². The van der Waals surface area contributed by atoms with Gasteiger partial charge in [-0.1, -0.05) is 0 Å². The van der Waals surface area contributed by atoms with Gasteiger partial charge < -0.3 is 14.8 Å². The molecule has 114 valence electrons.